The molecule has 194 valence electrons. The number of nitrogens with one attached hydrogen (secondary N) is 1. The van der Waals surface area contributed by atoms with Crippen LogP contribution in [0.2, 0.25) is 0 Å². The van der Waals surface area contributed by atoms with E-state index < -0.39 is 23.8 Å². The molecule has 0 radical (unpaired) electrons. The number of hydrogen-bond donors (Lipinski definition) is 1. The molecule has 0 unspecified atom stereocenters. The third kappa shape index (κ3) is 7.54. The average molecular weight is 515 g/mol. The third-order valence-corrected chi connectivity index (χ3v) is 5.76. The predicted octanol–water partition coefficient (Wildman–Crippen LogP) is 3.05. The molecule has 3 aromatic rings. The molecule has 1 amide bonds. The molecule has 1 N–H and O–H groups in total. The molecular weight excluding hydrogens is 489 g/mol. The molecule has 0 aliphatic carbocycles. The Hall–Kier alpha value is -3.90. The summed E-state index contributed by atoms with van der Waals surface area (Å²) in [7, 11) is 1.97. The van der Waals surface area contributed by atoms with Crippen molar-refractivity contribution in [2.24, 2.45) is 0 Å². The second-order valence-electron chi connectivity index (χ2n) is 8.61. The molecule has 37 heavy (non-hydrogen) atoms. The van der Waals surface area contributed by atoms with E-state index in [9.17, 15) is 22.8 Å². The van der Waals surface area contributed by atoms with Crippen LogP contribution in [-0.4, -0.2) is 82.8 Å². The molecule has 9 nitrogen and oxygen atoms in total. The van der Waals surface area contributed by atoms with E-state index in [2.05, 4.69) is 30.1 Å². The first-order chi connectivity index (χ1) is 17.7. The quantitative estimate of drug-likeness (QED) is 0.458. The number of Topliss-reactive ketones (excluding diaryl/α,β-unsaturated/α-hetero) is 1. The molecule has 1 fully saturated rings. The fourth-order valence-corrected chi connectivity index (χ4v) is 3.78. The van der Waals surface area contributed by atoms with Gasteiger partial charge in [-0.2, -0.15) is 0 Å². The molecule has 2 heterocycles. The zero-order valence-corrected chi connectivity index (χ0v) is 20.0. The fraction of sp³-hybridized carbons (Fsp3) is 0.320. The van der Waals surface area contributed by atoms with Crippen molar-refractivity contribution >= 4 is 17.4 Å². The predicted molar refractivity (Wildman–Crippen MR) is 129 cm³/mol. The summed E-state index contributed by atoms with van der Waals surface area (Å²) < 4.78 is 42.9. The first-order valence-corrected chi connectivity index (χ1v) is 11.5. The number of piperazine rings is 1. The summed E-state index contributed by atoms with van der Waals surface area (Å²) in [5.74, 6) is -1.42. The van der Waals surface area contributed by atoms with E-state index in [-0.39, 0.29) is 30.0 Å². The van der Waals surface area contributed by atoms with Gasteiger partial charge in [-0.15, -0.1) is 23.4 Å². The van der Waals surface area contributed by atoms with Gasteiger partial charge in [0.15, 0.2) is 17.4 Å². The number of halogens is 3. The van der Waals surface area contributed by atoms with Gasteiger partial charge in [-0.3, -0.25) is 14.5 Å². The lowest BCUT2D eigenvalue weighted by Gasteiger charge is -2.31. The zero-order valence-electron chi connectivity index (χ0n) is 20.0. The van der Waals surface area contributed by atoms with Crippen molar-refractivity contribution in [1.29, 1.82) is 0 Å². The second kappa shape index (κ2) is 11.4. The van der Waals surface area contributed by atoms with Gasteiger partial charge in [0.05, 0.1) is 24.8 Å². The summed E-state index contributed by atoms with van der Waals surface area (Å²) >= 11 is 0. The van der Waals surface area contributed by atoms with Crippen LogP contribution >= 0.6 is 0 Å². The minimum Gasteiger partial charge on any atom is -0.404 e. The standard InChI is InChI=1S/C25H25F3N6O3/c1-33-9-11-34(12-10-33)16-24(36)30-19-13-18(7-8-22(19)37-25(26,27)28)21(35)14-23-29-15-20(31-32-23)17-5-3-2-4-6-17/h2-8,13,15H,9-12,14,16H2,1H3,(H,30,36). The minimum absolute atomic E-state index is 0.00471. The van der Waals surface area contributed by atoms with Crippen LogP contribution in [0.3, 0.4) is 0 Å². The maximum atomic E-state index is 12.9. The highest BCUT2D eigenvalue weighted by atomic mass is 19.4. The Morgan fingerprint density at radius 1 is 1.03 bits per heavy atom. The van der Waals surface area contributed by atoms with Crippen LogP contribution in [0.1, 0.15) is 16.2 Å². The molecule has 0 bridgehead atoms. The van der Waals surface area contributed by atoms with Gasteiger partial charge < -0.3 is 15.0 Å². The van der Waals surface area contributed by atoms with E-state index in [1.165, 1.54) is 12.3 Å². The number of ether oxygens (including phenoxy) is 1. The van der Waals surface area contributed by atoms with E-state index in [1.54, 1.807) is 0 Å². The Morgan fingerprint density at radius 2 is 1.76 bits per heavy atom. The Bertz CT molecular complexity index is 1230. The highest BCUT2D eigenvalue weighted by molar-refractivity contribution is 6.00. The fourth-order valence-electron chi connectivity index (χ4n) is 3.78. The van der Waals surface area contributed by atoms with E-state index in [0.717, 1.165) is 30.8 Å². The first kappa shape index (κ1) is 26.2. The van der Waals surface area contributed by atoms with Crippen LogP contribution in [0.4, 0.5) is 18.9 Å². The van der Waals surface area contributed by atoms with Gasteiger partial charge in [-0.05, 0) is 25.2 Å². The maximum Gasteiger partial charge on any atom is 0.573 e. The number of nitrogens with zero attached hydrogens (tertiary/aromatic N) is 5. The number of likely N-dealkylation sites (N-methyl/N-ethyl adjacent to an activating group) is 1. The topological polar surface area (TPSA) is 101 Å². The summed E-state index contributed by atoms with van der Waals surface area (Å²) in [6.07, 6.45) is -3.70. The Kier molecular flexibility index (Phi) is 8.09. The molecule has 0 spiro atoms. The number of ketones is 1. The average Bonchev–Trinajstić information content (AvgIpc) is 2.86. The Labute approximate surface area is 211 Å². The van der Waals surface area contributed by atoms with Crippen molar-refractivity contribution in [1.82, 2.24) is 25.0 Å². The molecule has 1 aromatic heterocycles. The van der Waals surface area contributed by atoms with Gasteiger partial charge in [0, 0.05) is 37.3 Å². The maximum absolute atomic E-state index is 12.9. The molecule has 12 heteroatoms. The van der Waals surface area contributed by atoms with Gasteiger partial charge >= 0.3 is 6.36 Å². The molecule has 1 aliphatic rings. The van der Waals surface area contributed by atoms with E-state index in [4.69, 9.17) is 0 Å². The van der Waals surface area contributed by atoms with E-state index in [0.29, 0.717) is 18.8 Å². The van der Waals surface area contributed by atoms with Crippen LogP contribution in [0.25, 0.3) is 11.3 Å². The number of benzene rings is 2. The first-order valence-electron chi connectivity index (χ1n) is 11.5. The molecule has 4 rings (SSSR count). The van der Waals surface area contributed by atoms with Gasteiger partial charge in [0.2, 0.25) is 5.91 Å². The Balaban J connectivity index is 1.47. The van der Waals surface area contributed by atoms with Crippen LogP contribution in [0, 0.1) is 0 Å². The molecule has 1 saturated heterocycles. The number of carbonyl (C=O) groups excluding carboxylic acids is 2. The summed E-state index contributed by atoms with van der Waals surface area (Å²) in [5.41, 5.74) is 1.18. The van der Waals surface area contributed by atoms with Gasteiger partial charge in [-0.25, -0.2) is 4.98 Å². The van der Waals surface area contributed by atoms with Crippen molar-refractivity contribution in [3.05, 3.63) is 66.1 Å². The van der Waals surface area contributed by atoms with Gasteiger partial charge in [-0.1, -0.05) is 30.3 Å². The number of amides is 1. The third-order valence-electron chi connectivity index (χ3n) is 5.76. The number of anilines is 1. The normalized spacial score (nSPS) is 14.8. The summed E-state index contributed by atoms with van der Waals surface area (Å²) in [6, 6.07) is 12.6. The number of alkyl halides is 3. The SMILES string of the molecule is CN1CCN(CC(=O)Nc2cc(C(=O)Cc3ncc(-c4ccccc4)nn3)ccc2OC(F)(F)F)CC1. The van der Waals surface area contributed by atoms with Crippen LogP contribution in [-0.2, 0) is 11.2 Å². The highest BCUT2D eigenvalue weighted by Gasteiger charge is 2.32. The molecule has 0 saturated carbocycles. The lowest BCUT2D eigenvalue weighted by Crippen LogP contribution is -2.47. The lowest BCUT2D eigenvalue weighted by molar-refractivity contribution is -0.274. The molecular formula is C25H25F3N6O3. The van der Waals surface area contributed by atoms with Gasteiger partial charge in [0.25, 0.3) is 0 Å². The van der Waals surface area contributed by atoms with Gasteiger partial charge in [0.1, 0.15) is 5.69 Å². The van der Waals surface area contributed by atoms with E-state index >= 15 is 0 Å². The van der Waals surface area contributed by atoms with Crippen LogP contribution in [0.5, 0.6) is 5.75 Å². The van der Waals surface area contributed by atoms with E-state index in [1.807, 2.05) is 42.3 Å². The lowest BCUT2D eigenvalue weighted by atomic mass is 10.1. The van der Waals surface area contributed by atoms with Crippen molar-refractivity contribution in [2.45, 2.75) is 12.8 Å². The molecule has 2 aromatic carbocycles. The molecule has 0 atom stereocenters. The highest BCUT2D eigenvalue weighted by Crippen LogP contribution is 2.31. The van der Waals surface area contributed by atoms with Crippen molar-refractivity contribution in [3.8, 4) is 17.0 Å². The monoisotopic (exact) mass is 514 g/mol. The summed E-state index contributed by atoms with van der Waals surface area (Å²) in [6.45, 7) is 2.88. The number of carbonyl (C=O) groups is 2. The number of aromatic nitrogens is 3. The van der Waals surface area contributed by atoms with Crippen molar-refractivity contribution < 1.29 is 27.5 Å². The summed E-state index contributed by atoms with van der Waals surface area (Å²) in [5, 5.41) is 10.5. The van der Waals surface area contributed by atoms with Crippen LogP contribution < -0.4 is 10.1 Å². The molecule has 1 aliphatic heterocycles. The Morgan fingerprint density at radius 3 is 2.41 bits per heavy atom. The number of rotatable bonds is 8. The van der Waals surface area contributed by atoms with Crippen molar-refractivity contribution in [3.63, 3.8) is 0 Å². The zero-order chi connectivity index (χ0) is 26.4. The smallest absolute Gasteiger partial charge is 0.404 e. The van der Waals surface area contributed by atoms with Crippen molar-refractivity contribution in [2.75, 3.05) is 45.1 Å². The largest absolute Gasteiger partial charge is 0.573 e. The minimum atomic E-state index is -4.97. The van der Waals surface area contributed by atoms with Crippen LogP contribution in [0.15, 0.2) is 54.7 Å². The number of hydrogen-bond acceptors (Lipinski definition) is 8. The second-order valence-corrected chi connectivity index (χ2v) is 8.61. The summed E-state index contributed by atoms with van der Waals surface area (Å²) in [4.78, 5) is 33.6.